The van der Waals surface area contributed by atoms with Crippen molar-refractivity contribution in [1.29, 1.82) is 0 Å². The Morgan fingerprint density at radius 3 is 2.58 bits per heavy atom. The number of imidazole rings is 1. The van der Waals surface area contributed by atoms with Crippen LogP contribution in [0.15, 0.2) is 59.9 Å². The van der Waals surface area contributed by atoms with Crippen LogP contribution in [0.4, 0.5) is 10.2 Å². The highest BCUT2D eigenvalue weighted by Gasteiger charge is 2.12. The van der Waals surface area contributed by atoms with Gasteiger partial charge in [-0.2, -0.15) is 0 Å². The lowest BCUT2D eigenvalue weighted by Crippen LogP contribution is -2.23. The number of nitrogens with zero attached hydrogens (tertiary/aromatic N) is 5. The van der Waals surface area contributed by atoms with Gasteiger partial charge < -0.3 is 10.7 Å². The molecule has 3 N–H and O–H groups in total. The van der Waals surface area contributed by atoms with Gasteiger partial charge in [-0.25, -0.2) is 24.3 Å². The first-order valence-corrected chi connectivity index (χ1v) is 9.65. The molecule has 156 valence electrons. The fourth-order valence-corrected chi connectivity index (χ4v) is 3.18. The summed E-state index contributed by atoms with van der Waals surface area (Å²) in [5.74, 6) is 0.673. The average Bonchev–Trinajstić information content (AvgIpc) is 3.26. The van der Waals surface area contributed by atoms with Gasteiger partial charge in [0.2, 0.25) is 0 Å². The summed E-state index contributed by atoms with van der Waals surface area (Å²) in [6, 6.07) is 11.8. The van der Waals surface area contributed by atoms with Crippen LogP contribution in [0.25, 0.3) is 27.8 Å². The third-order valence-corrected chi connectivity index (χ3v) is 4.76. The zero-order chi connectivity index (χ0) is 22.0. The molecule has 0 amide bonds. The van der Waals surface area contributed by atoms with Crippen molar-refractivity contribution in [3.63, 3.8) is 0 Å². The van der Waals surface area contributed by atoms with E-state index < -0.39 is 5.82 Å². The largest absolute Gasteiger partial charge is 0.382 e. The van der Waals surface area contributed by atoms with E-state index >= 15 is 0 Å². The molecular weight excluding hydrogens is 397 g/mol. The molecule has 31 heavy (non-hydrogen) atoms. The molecule has 0 bridgehead atoms. The maximum absolute atomic E-state index is 13.4. The molecule has 5 rings (SSSR count). The summed E-state index contributed by atoms with van der Waals surface area (Å²) in [6.45, 7) is 3.93. The van der Waals surface area contributed by atoms with Gasteiger partial charge in [0.1, 0.15) is 23.5 Å². The van der Waals surface area contributed by atoms with E-state index in [1.807, 2.05) is 38.1 Å². The SMILES string of the molecule is CCc1nc2ccc(F)cc2c(=O)n1-c1ccc(C)cc1.Nc1ncnc2nc[nH]c12. The van der Waals surface area contributed by atoms with E-state index in [-0.39, 0.29) is 5.56 Å². The third kappa shape index (κ3) is 3.97. The van der Waals surface area contributed by atoms with Crippen molar-refractivity contribution in [2.45, 2.75) is 20.3 Å². The molecule has 0 spiro atoms. The maximum Gasteiger partial charge on any atom is 0.266 e. The Morgan fingerprint density at radius 2 is 1.87 bits per heavy atom. The minimum Gasteiger partial charge on any atom is -0.382 e. The smallest absolute Gasteiger partial charge is 0.266 e. The number of nitrogens with two attached hydrogens (primary N) is 1. The molecule has 9 heteroatoms. The summed E-state index contributed by atoms with van der Waals surface area (Å²) in [5.41, 5.74) is 8.94. The van der Waals surface area contributed by atoms with Crippen molar-refractivity contribution in [1.82, 2.24) is 29.5 Å². The number of rotatable bonds is 2. The normalized spacial score (nSPS) is 10.8. The molecule has 0 aliphatic heterocycles. The second-order valence-corrected chi connectivity index (χ2v) is 6.88. The van der Waals surface area contributed by atoms with E-state index in [2.05, 4.69) is 24.9 Å². The number of aromatic amines is 1. The van der Waals surface area contributed by atoms with Crippen LogP contribution in [0, 0.1) is 12.7 Å². The molecular formula is C22H20FN7O. The van der Waals surface area contributed by atoms with Gasteiger partial charge in [-0.15, -0.1) is 0 Å². The summed E-state index contributed by atoms with van der Waals surface area (Å²) in [5, 5.41) is 0.299. The van der Waals surface area contributed by atoms with Crippen LogP contribution in [-0.4, -0.2) is 29.5 Å². The van der Waals surface area contributed by atoms with Gasteiger partial charge in [-0.05, 0) is 37.3 Å². The van der Waals surface area contributed by atoms with Crippen molar-refractivity contribution >= 4 is 27.9 Å². The number of anilines is 1. The van der Waals surface area contributed by atoms with Crippen molar-refractivity contribution in [2.24, 2.45) is 0 Å². The Morgan fingerprint density at radius 1 is 1.10 bits per heavy atom. The van der Waals surface area contributed by atoms with Crippen LogP contribution in [-0.2, 0) is 6.42 Å². The van der Waals surface area contributed by atoms with E-state index in [1.165, 1.54) is 24.8 Å². The standard InChI is InChI=1S/C17H15FN2O.C5H5N5/c1-3-16-19-15-9-6-12(18)10-14(15)17(21)20(16)13-7-4-11(2)5-8-13;6-4-3-5(9-1-7-3)10-2-8-4/h4-10H,3H2,1-2H3;1-2H,(H3,6,7,8,9,10). The molecule has 0 fully saturated rings. The predicted octanol–water partition coefficient (Wildman–Crippen LogP) is 3.33. The molecule has 0 atom stereocenters. The molecule has 3 aromatic heterocycles. The summed E-state index contributed by atoms with van der Waals surface area (Å²) in [6.07, 6.45) is 3.55. The Bertz CT molecular complexity index is 1420. The fraction of sp³-hybridized carbons (Fsp3) is 0.136. The molecule has 0 aliphatic carbocycles. The zero-order valence-corrected chi connectivity index (χ0v) is 17.0. The topological polar surface area (TPSA) is 115 Å². The lowest BCUT2D eigenvalue weighted by Gasteiger charge is -2.12. The van der Waals surface area contributed by atoms with Gasteiger partial charge in [0.25, 0.3) is 5.56 Å². The average molecular weight is 417 g/mol. The Hall–Kier alpha value is -4.14. The van der Waals surface area contributed by atoms with Crippen LogP contribution in [0.2, 0.25) is 0 Å². The maximum atomic E-state index is 13.4. The van der Waals surface area contributed by atoms with Gasteiger partial charge in [-0.3, -0.25) is 9.36 Å². The zero-order valence-electron chi connectivity index (χ0n) is 17.0. The summed E-state index contributed by atoms with van der Waals surface area (Å²) < 4.78 is 15.0. The summed E-state index contributed by atoms with van der Waals surface area (Å²) >= 11 is 0. The number of aryl methyl sites for hydroxylation is 2. The Balaban J connectivity index is 0.000000192. The number of halogens is 1. The van der Waals surface area contributed by atoms with Crippen molar-refractivity contribution in [3.8, 4) is 5.69 Å². The molecule has 0 unspecified atom stereocenters. The number of nitrogen functional groups attached to an aromatic ring is 1. The first-order valence-electron chi connectivity index (χ1n) is 9.65. The minimum atomic E-state index is -0.430. The van der Waals surface area contributed by atoms with E-state index in [4.69, 9.17) is 5.73 Å². The monoisotopic (exact) mass is 417 g/mol. The van der Waals surface area contributed by atoms with Crippen molar-refractivity contribution in [2.75, 3.05) is 5.73 Å². The quantitative estimate of drug-likeness (QED) is 0.455. The van der Waals surface area contributed by atoms with E-state index in [0.717, 1.165) is 11.3 Å². The van der Waals surface area contributed by atoms with Crippen molar-refractivity contribution < 1.29 is 4.39 Å². The molecule has 0 aliphatic rings. The van der Waals surface area contributed by atoms with Gasteiger partial charge in [-0.1, -0.05) is 24.6 Å². The summed E-state index contributed by atoms with van der Waals surface area (Å²) in [7, 11) is 0. The fourth-order valence-electron chi connectivity index (χ4n) is 3.18. The number of nitrogens with one attached hydrogen (secondary N) is 1. The molecule has 5 aromatic rings. The van der Waals surface area contributed by atoms with Gasteiger partial charge in [0.15, 0.2) is 11.5 Å². The van der Waals surface area contributed by atoms with E-state index in [0.29, 0.717) is 40.1 Å². The first kappa shape index (κ1) is 20.1. The van der Waals surface area contributed by atoms with Gasteiger partial charge >= 0.3 is 0 Å². The molecule has 0 saturated heterocycles. The second kappa shape index (κ2) is 8.31. The highest BCUT2D eigenvalue weighted by molar-refractivity contribution is 5.80. The Labute approximate surface area is 176 Å². The number of hydrogen-bond acceptors (Lipinski definition) is 6. The number of H-pyrrole nitrogens is 1. The molecule has 8 nitrogen and oxygen atoms in total. The number of aromatic nitrogens is 6. The molecule has 0 radical (unpaired) electrons. The molecule has 2 aromatic carbocycles. The van der Waals surface area contributed by atoms with Crippen LogP contribution >= 0.6 is 0 Å². The van der Waals surface area contributed by atoms with Crippen LogP contribution in [0.3, 0.4) is 0 Å². The lowest BCUT2D eigenvalue weighted by molar-refractivity contribution is 0.629. The first-order chi connectivity index (χ1) is 15.0. The minimum absolute atomic E-state index is 0.236. The molecule has 3 heterocycles. The van der Waals surface area contributed by atoms with Crippen LogP contribution in [0.5, 0.6) is 0 Å². The van der Waals surface area contributed by atoms with Crippen LogP contribution < -0.4 is 11.3 Å². The predicted molar refractivity (Wildman–Crippen MR) is 118 cm³/mol. The number of hydrogen-bond donors (Lipinski definition) is 2. The summed E-state index contributed by atoms with van der Waals surface area (Å²) in [4.78, 5) is 31.6. The number of benzene rings is 2. The highest BCUT2D eigenvalue weighted by Crippen LogP contribution is 2.15. The Kier molecular flexibility index (Phi) is 5.40. The van der Waals surface area contributed by atoms with Gasteiger partial charge in [0, 0.05) is 6.42 Å². The number of fused-ring (bicyclic) bond motifs is 2. The van der Waals surface area contributed by atoms with E-state index in [1.54, 1.807) is 10.6 Å². The lowest BCUT2D eigenvalue weighted by atomic mass is 10.2. The van der Waals surface area contributed by atoms with Crippen molar-refractivity contribution in [3.05, 3.63) is 82.7 Å². The molecule has 0 saturated carbocycles. The van der Waals surface area contributed by atoms with E-state index in [9.17, 15) is 9.18 Å². The van der Waals surface area contributed by atoms with Gasteiger partial charge in [0.05, 0.1) is 22.9 Å². The highest BCUT2D eigenvalue weighted by atomic mass is 19.1. The third-order valence-electron chi connectivity index (χ3n) is 4.76. The van der Waals surface area contributed by atoms with Crippen LogP contribution in [0.1, 0.15) is 18.3 Å². The second-order valence-electron chi connectivity index (χ2n) is 6.88.